The molecule has 1 saturated heterocycles. The highest BCUT2D eigenvalue weighted by atomic mass is 19.3. The van der Waals surface area contributed by atoms with E-state index in [2.05, 4.69) is 0 Å². The van der Waals surface area contributed by atoms with Crippen molar-refractivity contribution in [1.29, 1.82) is 0 Å². The lowest BCUT2D eigenvalue weighted by Gasteiger charge is -2.25. The average molecular weight is 353 g/mol. The fraction of sp³-hybridized carbons (Fsp3) is 0.579. The number of hydrogen-bond acceptors (Lipinski definition) is 3. The summed E-state index contributed by atoms with van der Waals surface area (Å²) in [5.41, 5.74) is 0.486. The molecule has 1 aromatic rings. The monoisotopic (exact) mass is 353 g/mol. The number of halogens is 2. The van der Waals surface area contributed by atoms with Crippen molar-refractivity contribution in [1.82, 2.24) is 0 Å². The van der Waals surface area contributed by atoms with Crippen LogP contribution in [0.5, 0.6) is 0 Å². The number of anilines is 1. The first-order valence-electron chi connectivity index (χ1n) is 8.68. The maximum atomic E-state index is 13.3. The molecule has 1 N–H and O–H groups in total. The van der Waals surface area contributed by atoms with Crippen molar-refractivity contribution in [2.45, 2.75) is 51.9 Å². The quantitative estimate of drug-likeness (QED) is 0.769. The molecule has 0 atom stereocenters. The fourth-order valence-electron chi connectivity index (χ4n) is 3.33. The third-order valence-electron chi connectivity index (χ3n) is 5.22. The van der Waals surface area contributed by atoms with E-state index in [9.17, 15) is 23.5 Å². The van der Waals surface area contributed by atoms with Gasteiger partial charge in [0.2, 0.25) is 0 Å². The van der Waals surface area contributed by atoms with Gasteiger partial charge in [-0.1, -0.05) is 26.0 Å². The lowest BCUT2D eigenvalue weighted by molar-refractivity contribution is -0.152. The normalized spacial score (nSPS) is 16.9. The maximum absolute atomic E-state index is 13.3. The molecule has 1 aromatic carbocycles. The highest BCUT2D eigenvalue weighted by Crippen LogP contribution is 2.33. The number of hydrogen-bond donors (Lipinski definition) is 1. The van der Waals surface area contributed by atoms with E-state index in [0.29, 0.717) is 19.4 Å². The van der Waals surface area contributed by atoms with Gasteiger partial charge in [0.25, 0.3) is 5.92 Å². The zero-order chi connectivity index (χ0) is 18.7. The number of carbonyl (C=O) groups is 2. The van der Waals surface area contributed by atoms with Crippen molar-refractivity contribution in [2.75, 3.05) is 18.0 Å². The summed E-state index contributed by atoms with van der Waals surface area (Å²) in [7, 11) is 0. The van der Waals surface area contributed by atoms with Gasteiger partial charge in [-0.3, -0.25) is 9.59 Å². The molecule has 0 aromatic heterocycles. The first-order valence-corrected chi connectivity index (χ1v) is 8.68. The topological polar surface area (TPSA) is 57.6 Å². The number of Topliss-reactive ketones (excluding diaryl/α,β-unsaturated/α-hetero) is 1. The zero-order valence-electron chi connectivity index (χ0n) is 14.7. The van der Waals surface area contributed by atoms with Crippen LogP contribution in [0.1, 0.15) is 45.1 Å². The van der Waals surface area contributed by atoms with E-state index in [-0.39, 0.29) is 31.6 Å². The summed E-state index contributed by atoms with van der Waals surface area (Å²) < 4.78 is 26.6. The van der Waals surface area contributed by atoms with Crippen LogP contribution in [0.15, 0.2) is 24.3 Å². The molecule has 4 nitrogen and oxygen atoms in total. The van der Waals surface area contributed by atoms with E-state index in [1.165, 1.54) is 0 Å². The van der Waals surface area contributed by atoms with Crippen LogP contribution in [-0.2, 0) is 16.0 Å². The Labute approximate surface area is 146 Å². The fourth-order valence-corrected chi connectivity index (χ4v) is 3.33. The number of rotatable bonds is 8. The van der Waals surface area contributed by atoms with Gasteiger partial charge in [0.15, 0.2) is 0 Å². The molecule has 25 heavy (non-hydrogen) atoms. The molecule has 0 unspecified atom stereocenters. The number of aliphatic carboxylic acids is 1. The minimum absolute atomic E-state index is 0.00936. The summed E-state index contributed by atoms with van der Waals surface area (Å²) in [6.45, 7) is 3.61. The SMILES string of the molecule is CCC(CC)(CC(=O)Cc1ccc(N2CCC(F)(F)C2)cc1)C(=O)O. The number of carboxylic acids is 1. The van der Waals surface area contributed by atoms with E-state index in [4.69, 9.17) is 0 Å². The van der Waals surface area contributed by atoms with Crippen molar-refractivity contribution in [3.63, 3.8) is 0 Å². The third kappa shape index (κ3) is 4.55. The minimum atomic E-state index is -2.64. The average Bonchev–Trinajstić information content (AvgIpc) is 2.93. The van der Waals surface area contributed by atoms with Gasteiger partial charge in [-0.2, -0.15) is 0 Å². The molecule has 6 heteroatoms. The van der Waals surface area contributed by atoms with Crippen LogP contribution in [0.4, 0.5) is 14.5 Å². The number of alkyl halides is 2. The second-order valence-electron chi connectivity index (χ2n) is 6.88. The van der Waals surface area contributed by atoms with Crippen LogP contribution < -0.4 is 4.90 Å². The number of carboxylic acid groups (broad SMARTS) is 1. The Morgan fingerprint density at radius 2 is 1.80 bits per heavy atom. The summed E-state index contributed by atoms with van der Waals surface area (Å²) >= 11 is 0. The maximum Gasteiger partial charge on any atom is 0.310 e. The van der Waals surface area contributed by atoms with Crippen molar-refractivity contribution >= 4 is 17.4 Å². The minimum Gasteiger partial charge on any atom is -0.481 e. The Kier molecular flexibility index (Phi) is 5.80. The molecule has 2 rings (SSSR count). The molecule has 0 amide bonds. The summed E-state index contributed by atoms with van der Waals surface area (Å²) in [4.78, 5) is 25.4. The predicted molar refractivity (Wildman–Crippen MR) is 92.2 cm³/mol. The number of nitrogens with zero attached hydrogens (tertiary/aromatic N) is 1. The van der Waals surface area contributed by atoms with E-state index in [0.717, 1.165) is 11.3 Å². The Morgan fingerprint density at radius 1 is 1.20 bits per heavy atom. The van der Waals surface area contributed by atoms with Crippen molar-refractivity contribution in [3.8, 4) is 0 Å². The van der Waals surface area contributed by atoms with Crippen LogP contribution in [0.3, 0.4) is 0 Å². The van der Waals surface area contributed by atoms with Gasteiger partial charge >= 0.3 is 5.97 Å². The van der Waals surface area contributed by atoms with Crippen molar-refractivity contribution in [2.24, 2.45) is 5.41 Å². The zero-order valence-corrected chi connectivity index (χ0v) is 14.7. The Balaban J connectivity index is 1.99. The van der Waals surface area contributed by atoms with Gasteiger partial charge in [-0.25, -0.2) is 8.78 Å². The molecule has 0 radical (unpaired) electrons. The second-order valence-corrected chi connectivity index (χ2v) is 6.88. The van der Waals surface area contributed by atoms with Crippen LogP contribution >= 0.6 is 0 Å². The molecule has 1 fully saturated rings. The first kappa shape index (κ1) is 19.3. The smallest absolute Gasteiger partial charge is 0.310 e. The lowest BCUT2D eigenvalue weighted by atomic mass is 9.77. The van der Waals surface area contributed by atoms with E-state index in [1.807, 2.05) is 0 Å². The highest BCUT2D eigenvalue weighted by molar-refractivity contribution is 5.87. The van der Waals surface area contributed by atoms with Crippen LogP contribution in [-0.4, -0.2) is 35.9 Å². The largest absolute Gasteiger partial charge is 0.481 e. The van der Waals surface area contributed by atoms with Gasteiger partial charge in [-0.05, 0) is 30.5 Å². The number of carbonyl (C=O) groups excluding carboxylic acids is 1. The third-order valence-corrected chi connectivity index (χ3v) is 5.22. The van der Waals surface area contributed by atoms with Gasteiger partial charge in [0, 0.05) is 31.5 Å². The summed E-state index contributed by atoms with van der Waals surface area (Å²) in [6.07, 6.45) is 0.846. The summed E-state index contributed by atoms with van der Waals surface area (Å²) in [5.74, 6) is -3.70. The molecule has 1 aliphatic heterocycles. The molecule has 0 aliphatic carbocycles. The highest BCUT2D eigenvalue weighted by Gasteiger charge is 2.38. The molecule has 1 heterocycles. The standard InChI is InChI=1S/C19H25F2NO3/c1-3-18(4-2,17(24)25)12-16(23)11-14-5-7-15(8-6-14)22-10-9-19(20,21)13-22/h5-8H,3-4,9-13H2,1-2H3,(H,24,25). The molecule has 138 valence electrons. The molecule has 0 bridgehead atoms. The lowest BCUT2D eigenvalue weighted by Crippen LogP contribution is -2.32. The number of benzene rings is 1. The molecular weight excluding hydrogens is 328 g/mol. The van der Waals surface area contributed by atoms with Crippen LogP contribution in [0.25, 0.3) is 0 Å². The number of ketones is 1. The van der Waals surface area contributed by atoms with Gasteiger partial charge in [0.1, 0.15) is 5.78 Å². The van der Waals surface area contributed by atoms with Crippen molar-refractivity contribution < 1.29 is 23.5 Å². The van der Waals surface area contributed by atoms with E-state index >= 15 is 0 Å². The summed E-state index contributed by atoms with van der Waals surface area (Å²) in [6, 6.07) is 7.00. The van der Waals surface area contributed by atoms with Gasteiger partial charge in [0.05, 0.1) is 12.0 Å². The Hall–Kier alpha value is -1.98. The van der Waals surface area contributed by atoms with E-state index < -0.39 is 17.3 Å². The molecular formula is C19H25F2NO3. The molecule has 1 aliphatic rings. The van der Waals surface area contributed by atoms with Gasteiger partial charge in [-0.15, -0.1) is 0 Å². The Morgan fingerprint density at radius 3 is 2.24 bits per heavy atom. The molecule has 0 saturated carbocycles. The van der Waals surface area contributed by atoms with Crippen LogP contribution in [0.2, 0.25) is 0 Å². The first-order chi connectivity index (χ1) is 11.7. The van der Waals surface area contributed by atoms with Crippen molar-refractivity contribution in [3.05, 3.63) is 29.8 Å². The second kappa shape index (κ2) is 7.50. The van der Waals surface area contributed by atoms with E-state index in [1.54, 1.807) is 43.0 Å². The Bertz CT molecular complexity index is 624. The predicted octanol–water partition coefficient (Wildman–Crippen LogP) is 3.92. The molecule has 0 spiro atoms. The van der Waals surface area contributed by atoms with Crippen LogP contribution in [0, 0.1) is 5.41 Å². The summed E-state index contributed by atoms with van der Waals surface area (Å²) in [5, 5.41) is 9.42. The van der Waals surface area contributed by atoms with Gasteiger partial charge < -0.3 is 10.0 Å².